The molecule has 4 atom stereocenters. The summed E-state index contributed by atoms with van der Waals surface area (Å²) in [6, 6.07) is 0. The molecule has 0 bridgehead atoms. The average Bonchev–Trinajstić information content (AvgIpc) is 2.93. The number of fused-ring (bicyclic) bond motifs is 1. The number of aromatic nitrogens is 2. The van der Waals surface area contributed by atoms with Crippen LogP contribution in [0.1, 0.15) is 13.8 Å². The standard InChI is InChI=1S/C12H19N5O5/c1-12(2)21-7-5(3-18)20-11(8(7)22-12)16-10-6(17-19)9(13)14-4-15-10/h4-5,7-8,11,17-19H,3H2,1-2H3,(H3,13,14,15,16)/p+1/t5?,7-,8-,11?/m1/s1. The van der Waals surface area contributed by atoms with Crippen LogP contribution in [0.25, 0.3) is 0 Å². The Morgan fingerprint density at radius 1 is 1.36 bits per heavy atom. The highest BCUT2D eigenvalue weighted by molar-refractivity contribution is 5.66. The lowest BCUT2D eigenvalue weighted by molar-refractivity contribution is -0.824. The molecule has 22 heavy (non-hydrogen) atoms. The smallest absolute Gasteiger partial charge is 0.247 e. The van der Waals surface area contributed by atoms with Crippen LogP contribution >= 0.6 is 0 Å². The van der Waals surface area contributed by atoms with Crippen molar-refractivity contribution < 1.29 is 30.0 Å². The fourth-order valence-corrected chi connectivity index (χ4v) is 2.73. The number of quaternary nitrogens is 1. The largest absolute Gasteiger partial charge is 0.394 e. The normalized spacial score (nSPS) is 32.9. The Morgan fingerprint density at radius 3 is 2.77 bits per heavy atom. The lowest BCUT2D eigenvalue weighted by Crippen LogP contribution is -2.74. The summed E-state index contributed by atoms with van der Waals surface area (Å²) in [6.45, 7) is 3.41. The molecule has 10 nitrogen and oxygen atoms in total. The number of nitrogens with zero attached hydrogens (tertiary/aromatic N) is 2. The van der Waals surface area contributed by atoms with Gasteiger partial charge in [0.25, 0.3) is 0 Å². The summed E-state index contributed by atoms with van der Waals surface area (Å²) in [4.78, 5) is 7.85. The van der Waals surface area contributed by atoms with Crippen molar-refractivity contribution in [2.24, 2.45) is 0 Å². The van der Waals surface area contributed by atoms with Gasteiger partial charge in [-0.05, 0) is 13.8 Å². The number of ether oxygens (including phenoxy) is 3. The number of hydrogen-bond donors (Lipinski definition) is 5. The van der Waals surface area contributed by atoms with Crippen LogP contribution in [0.15, 0.2) is 6.33 Å². The van der Waals surface area contributed by atoms with Crippen molar-refractivity contribution in [2.75, 3.05) is 17.7 Å². The van der Waals surface area contributed by atoms with Gasteiger partial charge in [0.2, 0.25) is 5.69 Å². The van der Waals surface area contributed by atoms with E-state index in [1.807, 2.05) is 0 Å². The Kier molecular flexibility index (Phi) is 3.89. The van der Waals surface area contributed by atoms with Crippen molar-refractivity contribution >= 4 is 17.3 Å². The second kappa shape index (κ2) is 5.57. The van der Waals surface area contributed by atoms with E-state index in [0.29, 0.717) is 5.82 Å². The van der Waals surface area contributed by atoms with Crippen molar-refractivity contribution in [3.05, 3.63) is 6.33 Å². The first kappa shape index (κ1) is 15.3. The quantitative estimate of drug-likeness (QED) is 0.410. The van der Waals surface area contributed by atoms with Gasteiger partial charge in [-0.25, -0.2) is 15.2 Å². The summed E-state index contributed by atoms with van der Waals surface area (Å²) in [5, 5.41) is 21.7. The van der Waals surface area contributed by atoms with E-state index in [0.717, 1.165) is 5.48 Å². The number of aliphatic hydroxyl groups is 1. The van der Waals surface area contributed by atoms with Crippen LogP contribution in [0.5, 0.6) is 0 Å². The molecular weight excluding hydrogens is 294 g/mol. The maximum atomic E-state index is 9.43. The molecule has 2 unspecified atom stereocenters. The molecule has 10 heteroatoms. The second-order valence-corrected chi connectivity index (χ2v) is 5.64. The first-order valence-corrected chi connectivity index (χ1v) is 6.91. The molecule has 122 valence electrons. The predicted octanol–water partition coefficient (Wildman–Crippen LogP) is -1.71. The van der Waals surface area contributed by atoms with E-state index in [1.54, 1.807) is 13.8 Å². The van der Waals surface area contributed by atoms with E-state index < -0.39 is 30.3 Å². The van der Waals surface area contributed by atoms with Gasteiger partial charge >= 0.3 is 0 Å². The number of aliphatic hydroxyl groups excluding tert-OH is 1. The fourth-order valence-electron chi connectivity index (χ4n) is 2.73. The molecule has 0 aliphatic carbocycles. The topological polar surface area (TPSA) is 149 Å². The maximum Gasteiger partial charge on any atom is 0.247 e. The Morgan fingerprint density at radius 2 is 2.09 bits per heavy atom. The minimum absolute atomic E-state index is 0.136. The van der Waals surface area contributed by atoms with Gasteiger partial charge in [-0.2, -0.15) is 5.48 Å². The van der Waals surface area contributed by atoms with E-state index >= 15 is 0 Å². The number of nitrogens with one attached hydrogen (secondary N) is 1. The van der Waals surface area contributed by atoms with Gasteiger partial charge in [-0.1, -0.05) is 0 Å². The number of rotatable bonds is 4. The monoisotopic (exact) mass is 314 g/mol. The molecule has 1 aromatic heterocycles. The lowest BCUT2D eigenvalue weighted by Gasteiger charge is -2.24. The molecule has 0 amide bonds. The summed E-state index contributed by atoms with van der Waals surface area (Å²) >= 11 is 0. The van der Waals surface area contributed by atoms with Crippen LogP contribution in [0.2, 0.25) is 0 Å². The molecule has 0 saturated carbocycles. The molecule has 3 rings (SSSR count). The Hall–Kier alpha value is -1.56. The Bertz CT molecular complexity index is 557. The molecule has 0 aromatic carbocycles. The molecule has 1 aromatic rings. The van der Waals surface area contributed by atoms with Crippen LogP contribution < -0.4 is 16.5 Å². The first-order valence-electron chi connectivity index (χ1n) is 6.91. The van der Waals surface area contributed by atoms with Gasteiger partial charge in [-0.15, -0.1) is 0 Å². The van der Waals surface area contributed by atoms with Crippen molar-refractivity contribution in [1.82, 2.24) is 9.97 Å². The molecule has 0 radical (unpaired) electrons. The van der Waals surface area contributed by atoms with Gasteiger partial charge in [0.15, 0.2) is 23.7 Å². The van der Waals surface area contributed by atoms with Crippen LogP contribution in [0.4, 0.5) is 17.3 Å². The lowest BCUT2D eigenvalue weighted by atomic mass is 10.1. The molecule has 2 saturated heterocycles. The summed E-state index contributed by atoms with van der Waals surface area (Å²) in [7, 11) is 0. The SMILES string of the molecule is CC1(C)O[C@@H]2C(CO)OC(Nc3ncnc(N)c3[NH2+]O)[C@@H]2O1. The van der Waals surface area contributed by atoms with E-state index in [-0.39, 0.29) is 18.1 Å². The van der Waals surface area contributed by atoms with Crippen molar-refractivity contribution in [2.45, 2.75) is 44.2 Å². The van der Waals surface area contributed by atoms with Crippen LogP contribution in [-0.2, 0) is 14.2 Å². The molecule has 2 aliphatic heterocycles. The summed E-state index contributed by atoms with van der Waals surface area (Å²) in [5.74, 6) is -0.314. The number of nitrogens with two attached hydrogens (primary N) is 2. The molecule has 3 heterocycles. The van der Waals surface area contributed by atoms with E-state index in [1.165, 1.54) is 6.33 Å². The van der Waals surface area contributed by atoms with Crippen LogP contribution in [-0.4, -0.2) is 57.2 Å². The summed E-state index contributed by atoms with van der Waals surface area (Å²) in [5.41, 5.74) is 6.77. The highest BCUT2D eigenvalue weighted by Crippen LogP contribution is 2.39. The third kappa shape index (κ3) is 2.60. The van der Waals surface area contributed by atoms with E-state index in [4.69, 9.17) is 19.9 Å². The second-order valence-electron chi connectivity index (χ2n) is 5.64. The minimum atomic E-state index is -0.761. The van der Waals surface area contributed by atoms with Crippen LogP contribution in [0, 0.1) is 0 Å². The fraction of sp³-hybridized carbons (Fsp3) is 0.667. The van der Waals surface area contributed by atoms with Gasteiger partial charge in [0.1, 0.15) is 24.6 Å². The predicted molar refractivity (Wildman–Crippen MR) is 73.0 cm³/mol. The Balaban J connectivity index is 1.82. The third-order valence-corrected chi connectivity index (χ3v) is 3.65. The highest BCUT2D eigenvalue weighted by Gasteiger charge is 2.55. The van der Waals surface area contributed by atoms with Gasteiger partial charge in [0.05, 0.1) is 6.61 Å². The van der Waals surface area contributed by atoms with Gasteiger partial charge in [-0.3, -0.25) is 0 Å². The van der Waals surface area contributed by atoms with Crippen molar-refractivity contribution in [3.8, 4) is 0 Å². The minimum Gasteiger partial charge on any atom is -0.394 e. The molecule has 7 N–H and O–H groups in total. The molecular formula is C12H20N5O5+. The highest BCUT2D eigenvalue weighted by atomic mass is 16.8. The zero-order chi connectivity index (χ0) is 15.9. The number of hydrogen-bond acceptors (Lipinski definition) is 9. The average molecular weight is 314 g/mol. The van der Waals surface area contributed by atoms with Gasteiger partial charge in [0, 0.05) is 0 Å². The van der Waals surface area contributed by atoms with Gasteiger partial charge < -0.3 is 30.4 Å². The van der Waals surface area contributed by atoms with E-state index in [2.05, 4.69) is 15.3 Å². The number of anilines is 2. The maximum absolute atomic E-state index is 9.43. The molecule has 2 aliphatic rings. The molecule has 2 fully saturated rings. The first-order chi connectivity index (χ1) is 10.4. The number of nitrogen functional groups attached to an aromatic ring is 1. The van der Waals surface area contributed by atoms with Crippen molar-refractivity contribution in [3.63, 3.8) is 0 Å². The Labute approximate surface area is 126 Å². The zero-order valence-corrected chi connectivity index (χ0v) is 12.3. The molecule has 0 spiro atoms. The van der Waals surface area contributed by atoms with Crippen LogP contribution in [0.3, 0.4) is 0 Å². The van der Waals surface area contributed by atoms with Crippen molar-refractivity contribution in [1.29, 1.82) is 0 Å². The summed E-state index contributed by atoms with van der Waals surface area (Å²) in [6.07, 6.45) is -0.647. The zero-order valence-electron chi connectivity index (χ0n) is 12.3. The summed E-state index contributed by atoms with van der Waals surface area (Å²) < 4.78 is 17.3. The van der Waals surface area contributed by atoms with E-state index in [9.17, 15) is 10.3 Å². The third-order valence-electron chi connectivity index (χ3n) is 3.65.